The van der Waals surface area contributed by atoms with Crippen LogP contribution in [0.4, 0.5) is 19.0 Å². The molecule has 1 aromatic heterocycles. The summed E-state index contributed by atoms with van der Waals surface area (Å²) in [6.45, 7) is 11.5. The van der Waals surface area contributed by atoms with Gasteiger partial charge in [0.1, 0.15) is 5.75 Å². The van der Waals surface area contributed by atoms with E-state index in [0.717, 1.165) is 71.5 Å². The van der Waals surface area contributed by atoms with Crippen molar-refractivity contribution in [3.63, 3.8) is 0 Å². The Balaban J connectivity index is 0.000000724. The molecule has 6 nitrogen and oxygen atoms in total. The van der Waals surface area contributed by atoms with Crippen LogP contribution < -0.4 is 15.5 Å². The molecule has 1 amide bonds. The average Bonchev–Trinajstić information content (AvgIpc) is 2.92. The zero-order chi connectivity index (χ0) is 30.9. The molecule has 0 aliphatic heterocycles. The quantitative estimate of drug-likeness (QED) is 0.124. The van der Waals surface area contributed by atoms with Gasteiger partial charge in [0.25, 0.3) is 5.92 Å². The van der Waals surface area contributed by atoms with E-state index in [1.807, 2.05) is 19.1 Å². The molecule has 0 saturated heterocycles. The number of phenols is 1. The van der Waals surface area contributed by atoms with Gasteiger partial charge in [-0.1, -0.05) is 65.5 Å². The number of pyridine rings is 1. The first-order chi connectivity index (χ1) is 19.6. The third-order valence-corrected chi connectivity index (χ3v) is 5.79. The van der Waals surface area contributed by atoms with Gasteiger partial charge in [-0.2, -0.15) is 0 Å². The summed E-state index contributed by atoms with van der Waals surface area (Å²) >= 11 is 0. The Morgan fingerprint density at radius 3 is 2.20 bits per heavy atom. The summed E-state index contributed by atoms with van der Waals surface area (Å²) in [6, 6.07) is 8.86. The zero-order valence-electron chi connectivity index (χ0n) is 25.8. The highest BCUT2D eigenvalue weighted by molar-refractivity contribution is 5.45. The number of phenolic OH excluding ortho intramolecular Hbond substituents is 1. The molecule has 2 aromatic rings. The molecule has 234 valence electrons. The molecule has 2 rings (SSSR count). The SMILES string of the molecule is CCC.CCCCCc1ccnc(N(CCC)CC(C)(F)F)c1F.O=CNCCCCCNCc1ccc(O)cc1. The van der Waals surface area contributed by atoms with E-state index in [2.05, 4.69) is 36.4 Å². The second-order valence-corrected chi connectivity index (χ2v) is 10.2. The lowest BCUT2D eigenvalue weighted by atomic mass is 10.1. The number of carbonyl (C=O) groups is 1. The van der Waals surface area contributed by atoms with Crippen LogP contribution in [0.5, 0.6) is 5.75 Å². The van der Waals surface area contributed by atoms with Gasteiger partial charge in [-0.25, -0.2) is 18.2 Å². The number of benzene rings is 1. The number of aryl methyl sites for hydroxylation is 1. The Morgan fingerprint density at radius 1 is 0.951 bits per heavy atom. The van der Waals surface area contributed by atoms with Crippen molar-refractivity contribution in [2.24, 2.45) is 0 Å². The fourth-order valence-corrected chi connectivity index (χ4v) is 3.87. The van der Waals surface area contributed by atoms with E-state index < -0.39 is 18.3 Å². The van der Waals surface area contributed by atoms with Crippen molar-refractivity contribution in [1.82, 2.24) is 15.6 Å². The van der Waals surface area contributed by atoms with Gasteiger partial charge in [0.05, 0.1) is 6.54 Å². The smallest absolute Gasteiger partial charge is 0.262 e. The molecule has 1 heterocycles. The number of unbranched alkanes of at least 4 members (excludes halogenated alkanes) is 4. The molecule has 9 heteroatoms. The largest absolute Gasteiger partial charge is 0.508 e. The van der Waals surface area contributed by atoms with Gasteiger partial charge in [-0.3, -0.25) is 4.79 Å². The van der Waals surface area contributed by atoms with Gasteiger partial charge >= 0.3 is 0 Å². The lowest BCUT2D eigenvalue weighted by Gasteiger charge is -2.27. The van der Waals surface area contributed by atoms with Gasteiger partial charge in [-0.05, 0) is 68.0 Å². The maximum Gasteiger partial charge on any atom is 0.262 e. The fraction of sp³-hybridized carbons (Fsp3) is 0.625. The van der Waals surface area contributed by atoms with Crippen molar-refractivity contribution in [1.29, 1.82) is 0 Å². The fourth-order valence-electron chi connectivity index (χ4n) is 3.87. The van der Waals surface area contributed by atoms with Crippen LogP contribution in [0.25, 0.3) is 0 Å². The lowest BCUT2D eigenvalue weighted by Crippen LogP contribution is -2.36. The first-order valence-corrected chi connectivity index (χ1v) is 15.0. The number of aromatic nitrogens is 1. The van der Waals surface area contributed by atoms with Gasteiger partial charge in [0.2, 0.25) is 6.41 Å². The molecular formula is C32H53F3N4O2. The summed E-state index contributed by atoms with van der Waals surface area (Å²) in [5, 5.41) is 15.1. The maximum absolute atomic E-state index is 14.5. The van der Waals surface area contributed by atoms with Crippen molar-refractivity contribution in [2.75, 3.05) is 31.1 Å². The van der Waals surface area contributed by atoms with Crippen molar-refractivity contribution in [3.8, 4) is 5.75 Å². The Bertz CT molecular complexity index is 909. The number of anilines is 1. The minimum absolute atomic E-state index is 0.0485. The maximum atomic E-state index is 14.5. The van der Waals surface area contributed by atoms with Gasteiger partial charge < -0.3 is 20.6 Å². The second kappa shape index (κ2) is 23.9. The molecule has 0 aliphatic rings. The third kappa shape index (κ3) is 19.8. The van der Waals surface area contributed by atoms with Crippen LogP contribution >= 0.6 is 0 Å². The van der Waals surface area contributed by atoms with E-state index >= 15 is 0 Å². The van der Waals surface area contributed by atoms with Crippen LogP contribution in [0, 0.1) is 5.82 Å². The Labute approximate surface area is 246 Å². The first kappa shape index (κ1) is 38.2. The van der Waals surface area contributed by atoms with E-state index in [1.165, 1.54) is 23.1 Å². The minimum atomic E-state index is -2.87. The summed E-state index contributed by atoms with van der Waals surface area (Å²) in [6.07, 6.45) is 11.0. The molecule has 41 heavy (non-hydrogen) atoms. The monoisotopic (exact) mass is 582 g/mol. The Hall–Kier alpha value is -2.81. The number of nitrogens with zero attached hydrogens (tertiary/aromatic N) is 2. The van der Waals surface area contributed by atoms with Gasteiger partial charge in [-0.15, -0.1) is 0 Å². The lowest BCUT2D eigenvalue weighted by molar-refractivity contribution is -0.109. The highest BCUT2D eigenvalue weighted by Crippen LogP contribution is 2.24. The Morgan fingerprint density at radius 2 is 1.61 bits per heavy atom. The number of alkyl halides is 2. The molecule has 0 unspecified atom stereocenters. The predicted octanol–water partition coefficient (Wildman–Crippen LogP) is 7.64. The number of aromatic hydroxyl groups is 1. The molecule has 0 saturated carbocycles. The second-order valence-electron chi connectivity index (χ2n) is 10.2. The van der Waals surface area contributed by atoms with Crippen molar-refractivity contribution < 1.29 is 23.1 Å². The molecule has 0 atom stereocenters. The van der Waals surface area contributed by atoms with Crippen LogP contribution in [0.3, 0.4) is 0 Å². The number of hydrogen-bond donors (Lipinski definition) is 3. The van der Waals surface area contributed by atoms with E-state index in [9.17, 15) is 18.0 Å². The third-order valence-electron chi connectivity index (χ3n) is 5.79. The molecular weight excluding hydrogens is 529 g/mol. The average molecular weight is 583 g/mol. The van der Waals surface area contributed by atoms with Crippen molar-refractivity contribution in [3.05, 3.63) is 53.5 Å². The number of halogens is 3. The first-order valence-electron chi connectivity index (χ1n) is 15.0. The molecule has 0 aliphatic carbocycles. The number of amides is 1. The standard InChI is InChI=1S/C16H25F3N2.C13H20N2O2.C3H8/c1-4-6-7-8-13-9-10-20-15(14(13)17)21(11-5-2)12-16(3,18)19;16-11-15-9-3-1-2-8-14-10-12-4-6-13(17)7-5-12;1-3-2/h9-10H,4-8,11-12H2,1-3H3;4-7,11,14,17H,1-3,8-10H2,(H,15,16);3H2,1-2H3. The number of hydrogen-bond acceptors (Lipinski definition) is 5. The van der Waals surface area contributed by atoms with Crippen molar-refractivity contribution in [2.45, 2.75) is 105 Å². The molecule has 0 bridgehead atoms. The summed E-state index contributed by atoms with van der Waals surface area (Å²) in [5.74, 6) is -2.98. The Kier molecular flexibility index (Phi) is 22.2. The molecule has 3 N–H and O–H groups in total. The van der Waals surface area contributed by atoms with E-state index in [-0.39, 0.29) is 5.82 Å². The normalized spacial score (nSPS) is 10.6. The van der Waals surface area contributed by atoms with Crippen LogP contribution in [-0.2, 0) is 17.8 Å². The van der Waals surface area contributed by atoms with Crippen LogP contribution in [-0.4, -0.2) is 48.6 Å². The van der Waals surface area contributed by atoms with E-state index in [4.69, 9.17) is 5.11 Å². The van der Waals surface area contributed by atoms with E-state index in [1.54, 1.807) is 18.2 Å². The van der Waals surface area contributed by atoms with Crippen LogP contribution in [0.15, 0.2) is 36.5 Å². The molecule has 0 fully saturated rings. The topological polar surface area (TPSA) is 77.5 Å². The summed E-state index contributed by atoms with van der Waals surface area (Å²) < 4.78 is 41.0. The van der Waals surface area contributed by atoms with E-state index in [0.29, 0.717) is 30.7 Å². The highest BCUT2D eigenvalue weighted by Gasteiger charge is 2.27. The summed E-state index contributed by atoms with van der Waals surface area (Å²) in [4.78, 5) is 15.3. The number of carbonyl (C=O) groups excluding carboxylic acids is 1. The molecule has 0 radical (unpaired) electrons. The number of nitrogens with one attached hydrogen (secondary N) is 2. The minimum Gasteiger partial charge on any atom is -0.508 e. The summed E-state index contributed by atoms with van der Waals surface area (Å²) in [5.41, 5.74) is 1.74. The van der Waals surface area contributed by atoms with Crippen LogP contribution in [0.2, 0.25) is 0 Å². The highest BCUT2D eigenvalue weighted by atomic mass is 19.3. The molecule has 0 spiro atoms. The van der Waals surface area contributed by atoms with Crippen LogP contribution in [0.1, 0.15) is 97.1 Å². The molecule has 1 aromatic carbocycles. The number of rotatable bonds is 18. The zero-order valence-corrected chi connectivity index (χ0v) is 25.8. The predicted molar refractivity (Wildman–Crippen MR) is 164 cm³/mol. The van der Waals surface area contributed by atoms with Gasteiger partial charge in [0, 0.05) is 32.8 Å². The summed E-state index contributed by atoms with van der Waals surface area (Å²) in [7, 11) is 0. The van der Waals surface area contributed by atoms with Gasteiger partial charge in [0.15, 0.2) is 11.6 Å². The van der Waals surface area contributed by atoms with Crippen molar-refractivity contribution >= 4 is 12.2 Å².